The van der Waals surface area contributed by atoms with E-state index in [2.05, 4.69) is 10.4 Å². The first-order valence-corrected chi connectivity index (χ1v) is 11.5. The normalized spacial score (nSPS) is 13.5. The van der Waals surface area contributed by atoms with Crippen molar-refractivity contribution < 1.29 is 18.3 Å². The number of rotatable bonds is 6. The number of ether oxygens (including phenoxy) is 1. The van der Waals surface area contributed by atoms with Crippen LogP contribution >= 0.6 is 0 Å². The van der Waals surface area contributed by atoms with E-state index < -0.39 is 17.6 Å². The molecule has 2 atom stereocenters. The van der Waals surface area contributed by atoms with Gasteiger partial charge in [-0.05, 0) is 67.9 Å². The Morgan fingerprint density at radius 1 is 1.06 bits per heavy atom. The standard InChI is InChI=1S/C28H29F2N3O2/c1-17-23(7-6-8-24(17)30)26(18(2)32-27(34)28(3,4)5)35-22-13-14-25-19(15-22)16-31-33(25)21-11-9-20(29)10-12-21/h6-16,18,26H,1-5H3,(H,32,34)/t18-,26+/m0/s1. The highest BCUT2D eigenvalue weighted by Gasteiger charge is 2.29. The maximum Gasteiger partial charge on any atom is 0.225 e. The summed E-state index contributed by atoms with van der Waals surface area (Å²) in [6, 6.07) is 16.1. The number of benzene rings is 3. The van der Waals surface area contributed by atoms with Crippen LogP contribution in [0.2, 0.25) is 0 Å². The van der Waals surface area contributed by atoms with Gasteiger partial charge in [-0.2, -0.15) is 5.10 Å². The monoisotopic (exact) mass is 477 g/mol. The summed E-state index contributed by atoms with van der Waals surface area (Å²) in [6.07, 6.45) is 1.08. The Hall–Kier alpha value is -3.74. The minimum atomic E-state index is -0.624. The van der Waals surface area contributed by atoms with Crippen molar-refractivity contribution in [2.24, 2.45) is 5.41 Å². The van der Waals surface area contributed by atoms with Gasteiger partial charge in [-0.3, -0.25) is 4.79 Å². The molecular weight excluding hydrogens is 448 g/mol. The highest BCUT2D eigenvalue weighted by atomic mass is 19.1. The highest BCUT2D eigenvalue weighted by Crippen LogP contribution is 2.31. The van der Waals surface area contributed by atoms with Gasteiger partial charge in [0.25, 0.3) is 0 Å². The Labute approximate surface area is 203 Å². The molecule has 35 heavy (non-hydrogen) atoms. The molecule has 0 spiro atoms. The van der Waals surface area contributed by atoms with Crippen LogP contribution in [0.4, 0.5) is 8.78 Å². The Morgan fingerprint density at radius 2 is 1.77 bits per heavy atom. The lowest BCUT2D eigenvalue weighted by atomic mass is 9.93. The first-order valence-electron chi connectivity index (χ1n) is 11.5. The third kappa shape index (κ3) is 5.19. The molecule has 4 rings (SSSR count). The largest absolute Gasteiger partial charge is 0.484 e. The van der Waals surface area contributed by atoms with Crippen molar-refractivity contribution in [3.8, 4) is 11.4 Å². The fourth-order valence-electron chi connectivity index (χ4n) is 3.89. The predicted octanol–water partition coefficient (Wildman–Crippen LogP) is 6.28. The molecule has 1 heterocycles. The molecular formula is C28H29F2N3O2. The van der Waals surface area contributed by atoms with E-state index in [1.54, 1.807) is 36.0 Å². The Balaban J connectivity index is 1.68. The van der Waals surface area contributed by atoms with Crippen LogP contribution in [0.5, 0.6) is 5.75 Å². The second-order valence-corrected chi connectivity index (χ2v) is 9.76. The van der Waals surface area contributed by atoms with Crippen molar-refractivity contribution in [2.75, 3.05) is 0 Å². The van der Waals surface area contributed by atoms with Crippen LogP contribution in [0.15, 0.2) is 66.9 Å². The van der Waals surface area contributed by atoms with E-state index >= 15 is 0 Å². The zero-order valence-corrected chi connectivity index (χ0v) is 20.5. The van der Waals surface area contributed by atoms with Crippen molar-refractivity contribution in [1.29, 1.82) is 0 Å². The fourth-order valence-corrected chi connectivity index (χ4v) is 3.89. The number of carbonyl (C=O) groups is 1. The summed E-state index contributed by atoms with van der Waals surface area (Å²) in [4.78, 5) is 12.7. The van der Waals surface area contributed by atoms with Crippen LogP contribution in [0, 0.1) is 24.0 Å². The number of fused-ring (bicyclic) bond motifs is 1. The van der Waals surface area contributed by atoms with Crippen LogP contribution in [-0.4, -0.2) is 21.7 Å². The lowest BCUT2D eigenvalue weighted by Gasteiger charge is -2.30. The zero-order chi connectivity index (χ0) is 25.3. The molecule has 0 aliphatic heterocycles. The van der Waals surface area contributed by atoms with E-state index in [1.165, 1.54) is 18.2 Å². The van der Waals surface area contributed by atoms with Crippen molar-refractivity contribution in [3.05, 3.63) is 89.6 Å². The summed E-state index contributed by atoms with van der Waals surface area (Å²) in [6.45, 7) is 9.07. The predicted molar refractivity (Wildman–Crippen MR) is 133 cm³/mol. The van der Waals surface area contributed by atoms with Gasteiger partial charge in [0.05, 0.1) is 23.4 Å². The van der Waals surface area contributed by atoms with E-state index in [0.717, 1.165) is 16.6 Å². The van der Waals surface area contributed by atoms with Crippen LogP contribution < -0.4 is 10.1 Å². The van der Waals surface area contributed by atoms with Crippen molar-refractivity contribution >= 4 is 16.8 Å². The maximum absolute atomic E-state index is 14.4. The molecule has 0 unspecified atom stereocenters. The molecule has 5 nitrogen and oxygen atoms in total. The Kier molecular flexibility index (Phi) is 6.61. The first kappa shape index (κ1) is 24.4. The molecule has 7 heteroatoms. The molecule has 0 radical (unpaired) electrons. The van der Waals surface area contributed by atoms with Gasteiger partial charge < -0.3 is 10.1 Å². The summed E-state index contributed by atoms with van der Waals surface area (Å²) in [5.41, 5.74) is 2.12. The second-order valence-electron chi connectivity index (χ2n) is 9.76. The van der Waals surface area contributed by atoms with Gasteiger partial charge in [-0.1, -0.05) is 32.9 Å². The SMILES string of the molecule is Cc1c(F)cccc1[C@H](Oc1ccc2c(cnn2-c2ccc(F)cc2)c1)[C@H](C)NC(=O)C(C)(C)C. The Morgan fingerprint density at radius 3 is 2.46 bits per heavy atom. The summed E-state index contributed by atoms with van der Waals surface area (Å²) in [5.74, 6) is -0.209. The number of nitrogens with one attached hydrogen (secondary N) is 1. The molecule has 0 aliphatic carbocycles. The van der Waals surface area contributed by atoms with Crippen LogP contribution in [0.1, 0.15) is 44.9 Å². The van der Waals surface area contributed by atoms with E-state index in [-0.39, 0.29) is 17.5 Å². The number of hydrogen-bond donors (Lipinski definition) is 1. The fraction of sp³-hybridized carbons (Fsp3) is 0.286. The quantitative estimate of drug-likeness (QED) is 0.355. The Bertz CT molecular complexity index is 1360. The molecule has 1 N–H and O–H groups in total. The van der Waals surface area contributed by atoms with Gasteiger partial charge in [0, 0.05) is 16.4 Å². The van der Waals surface area contributed by atoms with Crippen molar-refractivity contribution in [1.82, 2.24) is 15.1 Å². The number of amides is 1. The van der Waals surface area contributed by atoms with E-state index in [0.29, 0.717) is 16.9 Å². The smallest absolute Gasteiger partial charge is 0.225 e. The molecule has 182 valence electrons. The molecule has 0 saturated heterocycles. The van der Waals surface area contributed by atoms with Gasteiger partial charge in [0.2, 0.25) is 5.91 Å². The molecule has 0 saturated carbocycles. The summed E-state index contributed by atoms with van der Waals surface area (Å²) >= 11 is 0. The first-order chi connectivity index (χ1) is 16.5. The zero-order valence-electron chi connectivity index (χ0n) is 20.5. The number of aromatic nitrogens is 2. The van der Waals surface area contributed by atoms with Gasteiger partial charge in [0.15, 0.2) is 0 Å². The minimum Gasteiger partial charge on any atom is -0.484 e. The average molecular weight is 478 g/mol. The van der Waals surface area contributed by atoms with Gasteiger partial charge in [-0.15, -0.1) is 0 Å². The van der Waals surface area contributed by atoms with Crippen LogP contribution in [0.3, 0.4) is 0 Å². The van der Waals surface area contributed by atoms with Crippen molar-refractivity contribution in [3.63, 3.8) is 0 Å². The van der Waals surface area contributed by atoms with Gasteiger partial charge in [0.1, 0.15) is 23.5 Å². The second kappa shape index (κ2) is 9.49. The third-order valence-corrected chi connectivity index (χ3v) is 5.98. The molecule has 4 aromatic rings. The lowest BCUT2D eigenvalue weighted by molar-refractivity contribution is -0.129. The van der Waals surface area contributed by atoms with Crippen molar-refractivity contribution in [2.45, 2.75) is 46.8 Å². The highest BCUT2D eigenvalue weighted by molar-refractivity contribution is 5.82. The maximum atomic E-state index is 14.4. The topological polar surface area (TPSA) is 56.1 Å². The molecule has 0 bridgehead atoms. The van der Waals surface area contributed by atoms with E-state index in [1.807, 2.05) is 52.0 Å². The number of carbonyl (C=O) groups excluding carboxylic acids is 1. The van der Waals surface area contributed by atoms with Crippen LogP contribution in [0.25, 0.3) is 16.6 Å². The third-order valence-electron chi connectivity index (χ3n) is 5.98. The molecule has 1 aromatic heterocycles. The summed E-state index contributed by atoms with van der Waals surface area (Å²) in [5, 5.41) is 8.28. The van der Waals surface area contributed by atoms with Gasteiger partial charge >= 0.3 is 0 Å². The lowest BCUT2D eigenvalue weighted by Crippen LogP contribution is -2.44. The summed E-state index contributed by atoms with van der Waals surface area (Å²) in [7, 11) is 0. The molecule has 1 amide bonds. The number of hydrogen-bond acceptors (Lipinski definition) is 3. The van der Waals surface area contributed by atoms with Gasteiger partial charge in [-0.25, -0.2) is 13.5 Å². The minimum absolute atomic E-state index is 0.122. The molecule has 0 aliphatic rings. The number of nitrogens with zero attached hydrogens (tertiary/aromatic N) is 2. The van der Waals surface area contributed by atoms with E-state index in [9.17, 15) is 13.6 Å². The molecule has 3 aromatic carbocycles. The molecule has 0 fully saturated rings. The van der Waals surface area contributed by atoms with E-state index in [4.69, 9.17) is 4.74 Å². The number of halogens is 2. The summed E-state index contributed by atoms with van der Waals surface area (Å²) < 4.78 is 35.8. The average Bonchev–Trinajstić information content (AvgIpc) is 3.22. The van der Waals surface area contributed by atoms with Crippen LogP contribution in [-0.2, 0) is 4.79 Å².